The maximum atomic E-state index is 13.9. The normalized spacial score (nSPS) is 11.1. The molecule has 0 unspecified atom stereocenters. The summed E-state index contributed by atoms with van der Waals surface area (Å²) < 4.78 is 24.0. The van der Waals surface area contributed by atoms with Crippen molar-refractivity contribution in [2.24, 2.45) is 0 Å². The summed E-state index contributed by atoms with van der Waals surface area (Å²) in [6.45, 7) is 5.47. The highest BCUT2D eigenvalue weighted by molar-refractivity contribution is 6.31. The summed E-state index contributed by atoms with van der Waals surface area (Å²) in [4.78, 5) is 29.6. The molecule has 8 heteroatoms. The summed E-state index contributed by atoms with van der Waals surface area (Å²) in [7, 11) is 2.80. The van der Waals surface area contributed by atoms with Crippen LogP contribution in [0.1, 0.15) is 36.8 Å². The summed E-state index contributed by atoms with van der Waals surface area (Å²) >= 11 is 6.12. The fourth-order valence-electron chi connectivity index (χ4n) is 2.50. The van der Waals surface area contributed by atoms with E-state index < -0.39 is 23.5 Å². The number of ether oxygens (including phenoxy) is 2. The van der Waals surface area contributed by atoms with Crippen LogP contribution >= 0.6 is 11.6 Å². The quantitative estimate of drug-likeness (QED) is 0.686. The van der Waals surface area contributed by atoms with Gasteiger partial charge in [-0.2, -0.15) is 0 Å². The third-order valence-electron chi connectivity index (χ3n) is 3.71. The predicted octanol–water partition coefficient (Wildman–Crippen LogP) is 4.69. The minimum absolute atomic E-state index is 0.0488. The molecule has 150 valence electrons. The van der Waals surface area contributed by atoms with Crippen molar-refractivity contribution >= 4 is 23.7 Å². The van der Waals surface area contributed by atoms with E-state index in [1.165, 1.54) is 18.1 Å². The van der Waals surface area contributed by atoms with E-state index in [0.717, 1.165) is 6.20 Å². The Labute approximate surface area is 168 Å². The first-order valence-corrected chi connectivity index (χ1v) is 8.86. The van der Waals surface area contributed by atoms with Crippen LogP contribution in [-0.2, 0) is 16.0 Å². The van der Waals surface area contributed by atoms with Crippen LogP contribution in [-0.4, -0.2) is 41.7 Å². The molecule has 0 aliphatic rings. The molecule has 0 fully saturated rings. The molecule has 0 spiro atoms. The smallest absolute Gasteiger partial charge is 0.410 e. The summed E-state index contributed by atoms with van der Waals surface area (Å²) in [6.07, 6.45) is 0.422. The summed E-state index contributed by atoms with van der Waals surface area (Å²) in [5.41, 5.74) is 0.638. The standard InChI is InChI=1S/C20H22ClFN2O4/c1-20(2,3)28-19(26)24(4)11-12-6-7-13(21)8-15(12)16-9-14(22)10-23-17(16)18(25)27-5/h6-10H,11H2,1-5H3. The lowest BCUT2D eigenvalue weighted by Crippen LogP contribution is -2.33. The zero-order chi connectivity index (χ0) is 21.1. The highest BCUT2D eigenvalue weighted by atomic mass is 35.5. The molecule has 0 aliphatic heterocycles. The molecule has 0 atom stereocenters. The molecule has 2 rings (SSSR count). The van der Waals surface area contributed by atoms with Crippen LogP contribution in [0, 0.1) is 5.82 Å². The molecule has 6 nitrogen and oxygen atoms in total. The Morgan fingerprint density at radius 1 is 1.21 bits per heavy atom. The largest absolute Gasteiger partial charge is 0.464 e. The number of methoxy groups -OCH3 is 1. The Morgan fingerprint density at radius 3 is 2.50 bits per heavy atom. The summed E-state index contributed by atoms with van der Waals surface area (Å²) in [6, 6.07) is 6.11. The lowest BCUT2D eigenvalue weighted by Gasteiger charge is -2.25. The van der Waals surface area contributed by atoms with E-state index in [1.807, 2.05) is 0 Å². The second-order valence-electron chi connectivity index (χ2n) is 7.18. The van der Waals surface area contributed by atoms with Gasteiger partial charge >= 0.3 is 12.1 Å². The third-order valence-corrected chi connectivity index (χ3v) is 3.94. The zero-order valence-corrected chi connectivity index (χ0v) is 17.1. The molecule has 0 bridgehead atoms. The van der Waals surface area contributed by atoms with E-state index in [4.69, 9.17) is 21.1 Å². The molecule has 1 amide bonds. The molecular formula is C20H22ClFN2O4. The number of aromatic nitrogens is 1. The molecule has 0 saturated heterocycles. The maximum absolute atomic E-state index is 13.9. The van der Waals surface area contributed by atoms with Crippen LogP contribution in [0.2, 0.25) is 5.02 Å². The van der Waals surface area contributed by atoms with Gasteiger partial charge in [0.15, 0.2) is 5.69 Å². The first kappa shape index (κ1) is 21.6. The average molecular weight is 409 g/mol. The van der Waals surface area contributed by atoms with Gasteiger partial charge in [-0.15, -0.1) is 0 Å². The number of esters is 1. The molecule has 1 aromatic heterocycles. The Bertz CT molecular complexity index is 896. The predicted molar refractivity (Wildman–Crippen MR) is 104 cm³/mol. The Balaban J connectivity index is 2.48. The zero-order valence-electron chi connectivity index (χ0n) is 16.4. The highest BCUT2D eigenvalue weighted by Crippen LogP contribution is 2.31. The third kappa shape index (κ3) is 5.42. The van der Waals surface area contributed by atoms with Gasteiger partial charge in [0.1, 0.15) is 11.4 Å². The van der Waals surface area contributed by atoms with Crippen LogP contribution in [0.15, 0.2) is 30.5 Å². The second kappa shape index (κ2) is 8.56. The van der Waals surface area contributed by atoms with E-state index in [0.29, 0.717) is 16.1 Å². The number of pyridine rings is 1. The Kier molecular flexibility index (Phi) is 6.61. The van der Waals surface area contributed by atoms with Crippen molar-refractivity contribution in [3.8, 4) is 11.1 Å². The Hall–Kier alpha value is -2.67. The van der Waals surface area contributed by atoms with E-state index in [2.05, 4.69) is 4.98 Å². The van der Waals surface area contributed by atoms with E-state index in [1.54, 1.807) is 46.0 Å². The number of benzene rings is 1. The van der Waals surface area contributed by atoms with Gasteiger partial charge in [-0.25, -0.2) is 19.0 Å². The van der Waals surface area contributed by atoms with E-state index in [9.17, 15) is 14.0 Å². The first-order valence-electron chi connectivity index (χ1n) is 8.48. The van der Waals surface area contributed by atoms with Crippen molar-refractivity contribution in [2.75, 3.05) is 14.2 Å². The van der Waals surface area contributed by atoms with Crippen molar-refractivity contribution in [3.63, 3.8) is 0 Å². The number of hydrogen-bond donors (Lipinski definition) is 0. The van der Waals surface area contributed by atoms with Gasteiger partial charge in [-0.3, -0.25) is 0 Å². The van der Waals surface area contributed by atoms with Crippen LogP contribution in [0.25, 0.3) is 11.1 Å². The second-order valence-corrected chi connectivity index (χ2v) is 7.62. The lowest BCUT2D eigenvalue weighted by atomic mass is 9.97. The number of hydrogen-bond acceptors (Lipinski definition) is 5. The van der Waals surface area contributed by atoms with Crippen molar-refractivity contribution in [1.82, 2.24) is 9.88 Å². The number of nitrogens with zero attached hydrogens (tertiary/aromatic N) is 2. The average Bonchev–Trinajstić information content (AvgIpc) is 2.61. The molecule has 0 aliphatic carbocycles. The SMILES string of the molecule is COC(=O)c1ncc(F)cc1-c1cc(Cl)ccc1CN(C)C(=O)OC(C)(C)C. The highest BCUT2D eigenvalue weighted by Gasteiger charge is 2.23. The van der Waals surface area contributed by atoms with Crippen LogP contribution < -0.4 is 0 Å². The minimum Gasteiger partial charge on any atom is -0.464 e. The van der Waals surface area contributed by atoms with Gasteiger partial charge in [0.2, 0.25) is 0 Å². The van der Waals surface area contributed by atoms with Crippen LogP contribution in [0.4, 0.5) is 9.18 Å². The topological polar surface area (TPSA) is 68.7 Å². The lowest BCUT2D eigenvalue weighted by molar-refractivity contribution is 0.0285. The number of rotatable bonds is 4. The fourth-order valence-corrected chi connectivity index (χ4v) is 2.67. The molecule has 0 radical (unpaired) electrons. The molecule has 1 aromatic carbocycles. The van der Waals surface area contributed by atoms with Gasteiger partial charge in [-0.05, 0) is 50.1 Å². The molecule has 0 N–H and O–H groups in total. The van der Waals surface area contributed by atoms with Gasteiger partial charge in [0, 0.05) is 24.2 Å². The maximum Gasteiger partial charge on any atom is 0.410 e. The molecule has 0 saturated carbocycles. The molecular weight excluding hydrogens is 387 g/mol. The Morgan fingerprint density at radius 2 is 1.89 bits per heavy atom. The fraction of sp³-hybridized carbons (Fsp3) is 0.350. The molecule has 28 heavy (non-hydrogen) atoms. The summed E-state index contributed by atoms with van der Waals surface area (Å²) in [5, 5.41) is 0.388. The number of amides is 1. The van der Waals surface area contributed by atoms with Gasteiger partial charge in [0.05, 0.1) is 13.3 Å². The van der Waals surface area contributed by atoms with E-state index >= 15 is 0 Å². The van der Waals surface area contributed by atoms with Gasteiger partial charge in [0.25, 0.3) is 0 Å². The van der Waals surface area contributed by atoms with Gasteiger partial charge < -0.3 is 14.4 Å². The van der Waals surface area contributed by atoms with Crippen molar-refractivity contribution in [2.45, 2.75) is 32.9 Å². The first-order chi connectivity index (χ1) is 13.0. The monoisotopic (exact) mass is 408 g/mol. The van der Waals surface area contributed by atoms with Crippen LogP contribution in [0.3, 0.4) is 0 Å². The van der Waals surface area contributed by atoms with Crippen LogP contribution in [0.5, 0.6) is 0 Å². The minimum atomic E-state index is -0.707. The molecule has 1 heterocycles. The van der Waals surface area contributed by atoms with Crippen molar-refractivity contribution < 1.29 is 23.5 Å². The number of halogens is 2. The summed E-state index contributed by atoms with van der Waals surface area (Å²) in [5.74, 6) is -1.32. The van der Waals surface area contributed by atoms with E-state index in [-0.39, 0.29) is 17.8 Å². The number of carbonyl (C=O) groups excluding carboxylic acids is 2. The van der Waals surface area contributed by atoms with Crippen molar-refractivity contribution in [1.29, 1.82) is 0 Å². The van der Waals surface area contributed by atoms with Crippen molar-refractivity contribution in [3.05, 3.63) is 52.6 Å². The van der Waals surface area contributed by atoms with Gasteiger partial charge in [-0.1, -0.05) is 17.7 Å². The number of carbonyl (C=O) groups is 2. The molecule has 2 aromatic rings.